The monoisotopic (exact) mass is 210 g/mol. The Labute approximate surface area is 87.9 Å². The van der Waals surface area contributed by atoms with Crippen molar-refractivity contribution in [3.63, 3.8) is 0 Å². The number of hydrogen-bond donors (Lipinski definition) is 1. The third-order valence-corrected chi connectivity index (χ3v) is 2.75. The Kier molecular flexibility index (Phi) is 2.98. The molecule has 0 unspecified atom stereocenters. The Morgan fingerprint density at radius 3 is 2.60 bits per heavy atom. The van der Waals surface area contributed by atoms with Crippen LogP contribution in [0.3, 0.4) is 0 Å². The zero-order valence-corrected chi connectivity index (χ0v) is 9.03. The quantitative estimate of drug-likeness (QED) is 0.775. The van der Waals surface area contributed by atoms with Gasteiger partial charge < -0.3 is 9.52 Å². The minimum atomic E-state index is -1.12. The zero-order valence-electron chi connectivity index (χ0n) is 9.03. The molecule has 4 heteroatoms. The van der Waals surface area contributed by atoms with Gasteiger partial charge in [0, 0.05) is 5.56 Å². The largest absolute Gasteiger partial charge is 0.478 e. The molecule has 0 saturated carbocycles. The van der Waals surface area contributed by atoms with E-state index in [1.54, 1.807) is 0 Å². The molecule has 0 aromatic carbocycles. The van der Waals surface area contributed by atoms with Gasteiger partial charge in [0.25, 0.3) is 0 Å². The van der Waals surface area contributed by atoms with Crippen LogP contribution >= 0.6 is 0 Å². The van der Waals surface area contributed by atoms with E-state index in [-0.39, 0.29) is 16.7 Å². The number of aromatic carboxylic acids is 1. The first-order chi connectivity index (χ1) is 6.94. The molecule has 82 valence electrons. The highest BCUT2D eigenvalue weighted by Crippen LogP contribution is 2.32. The molecule has 0 radical (unpaired) electrons. The van der Waals surface area contributed by atoms with Crippen molar-refractivity contribution in [2.45, 2.75) is 32.6 Å². The van der Waals surface area contributed by atoms with Crippen molar-refractivity contribution in [1.82, 2.24) is 0 Å². The number of carbonyl (C=O) groups excluding carboxylic acids is 1. The number of aldehydes is 1. The molecule has 0 saturated heterocycles. The van der Waals surface area contributed by atoms with E-state index in [0.717, 1.165) is 6.42 Å². The fourth-order valence-electron chi connectivity index (χ4n) is 1.37. The molecule has 0 aliphatic carbocycles. The van der Waals surface area contributed by atoms with Gasteiger partial charge in [-0.2, -0.15) is 0 Å². The predicted octanol–water partition coefficient (Wildman–Crippen LogP) is 2.48. The third-order valence-electron chi connectivity index (χ3n) is 2.75. The third kappa shape index (κ3) is 1.93. The molecule has 0 bridgehead atoms. The molecule has 1 heterocycles. The van der Waals surface area contributed by atoms with Crippen molar-refractivity contribution >= 4 is 12.3 Å². The van der Waals surface area contributed by atoms with E-state index in [2.05, 4.69) is 0 Å². The molecular formula is C11H14O4. The number of rotatable bonds is 4. The average molecular weight is 210 g/mol. The van der Waals surface area contributed by atoms with Gasteiger partial charge in [0.2, 0.25) is 0 Å². The van der Waals surface area contributed by atoms with Crippen LogP contribution in [0.15, 0.2) is 10.7 Å². The maximum Gasteiger partial charge on any atom is 0.340 e. The Balaban J connectivity index is 3.37. The van der Waals surface area contributed by atoms with Crippen LogP contribution in [-0.4, -0.2) is 17.4 Å². The van der Waals surface area contributed by atoms with E-state index in [0.29, 0.717) is 11.8 Å². The average Bonchev–Trinajstić information content (AvgIpc) is 2.61. The lowest BCUT2D eigenvalue weighted by Crippen LogP contribution is -2.18. The standard InChI is InChI=1S/C11H14O4/c1-4-11(2,3)7-6-15-8(5-12)9(7)10(13)14/h5-6H,4H2,1-3H3,(H,13,14). The van der Waals surface area contributed by atoms with Crippen molar-refractivity contribution in [2.75, 3.05) is 0 Å². The Bertz CT molecular complexity index is 387. The molecule has 0 amide bonds. The van der Waals surface area contributed by atoms with Crippen LogP contribution in [0.1, 0.15) is 53.7 Å². The van der Waals surface area contributed by atoms with E-state index in [1.807, 2.05) is 20.8 Å². The lowest BCUT2D eigenvalue weighted by Gasteiger charge is -2.21. The van der Waals surface area contributed by atoms with Crippen LogP contribution in [0.5, 0.6) is 0 Å². The van der Waals surface area contributed by atoms with Gasteiger partial charge in [-0.15, -0.1) is 0 Å². The van der Waals surface area contributed by atoms with Crippen LogP contribution in [0.4, 0.5) is 0 Å². The van der Waals surface area contributed by atoms with E-state index >= 15 is 0 Å². The normalized spacial score (nSPS) is 11.4. The van der Waals surface area contributed by atoms with Crippen LogP contribution in [0, 0.1) is 0 Å². The second kappa shape index (κ2) is 3.88. The highest BCUT2D eigenvalue weighted by molar-refractivity contribution is 5.97. The first-order valence-corrected chi connectivity index (χ1v) is 4.74. The maximum atomic E-state index is 11.0. The lowest BCUT2D eigenvalue weighted by molar-refractivity contribution is 0.0689. The minimum absolute atomic E-state index is 0.0168. The number of carboxylic acid groups (broad SMARTS) is 1. The molecule has 15 heavy (non-hydrogen) atoms. The van der Waals surface area contributed by atoms with Gasteiger partial charge in [-0.05, 0) is 11.8 Å². The highest BCUT2D eigenvalue weighted by atomic mass is 16.4. The van der Waals surface area contributed by atoms with Crippen molar-refractivity contribution < 1.29 is 19.1 Å². The zero-order chi connectivity index (χ0) is 11.6. The van der Waals surface area contributed by atoms with Gasteiger partial charge in [-0.3, -0.25) is 4.79 Å². The highest BCUT2D eigenvalue weighted by Gasteiger charge is 2.29. The molecule has 1 N–H and O–H groups in total. The van der Waals surface area contributed by atoms with Gasteiger partial charge in [0.15, 0.2) is 12.0 Å². The van der Waals surface area contributed by atoms with E-state index < -0.39 is 5.97 Å². The molecule has 1 aromatic heterocycles. The van der Waals surface area contributed by atoms with E-state index in [1.165, 1.54) is 6.26 Å². The number of furan rings is 1. The molecule has 0 fully saturated rings. The fraction of sp³-hybridized carbons (Fsp3) is 0.455. The maximum absolute atomic E-state index is 11.0. The fourth-order valence-corrected chi connectivity index (χ4v) is 1.37. The van der Waals surface area contributed by atoms with E-state index in [4.69, 9.17) is 9.52 Å². The molecule has 4 nitrogen and oxygen atoms in total. The molecule has 0 spiro atoms. The Hall–Kier alpha value is -1.58. The van der Waals surface area contributed by atoms with Crippen LogP contribution in [0.25, 0.3) is 0 Å². The first kappa shape index (κ1) is 11.5. The van der Waals surface area contributed by atoms with Crippen molar-refractivity contribution in [2.24, 2.45) is 0 Å². The van der Waals surface area contributed by atoms with Gasteiger partial charge in [-0.25, -0.2) is 4.79 Å². The summed E-state index contributed by atoms with van der Waals surface area (Å²) in [4.78, 5) is 21.6. The smallest absolute Gasteiger partial charge is 0.340 e. The summed E-state index contributed by atoms with van der Waals surface area (Å²) in [6.45, 7) is 5.79. The summed E-state index contributed by atoms with van der Waals surface area (Å²) in [6, 6.07) is 0. The number of carbonyl (C=O) groups is 2. The predicted molar refractivity (Wildman–Crippen MR) is 54.4 cm³/mol. The molecular weight excluding hydrogens is 196 g/mol. The summed E-state index contributed by atoms with van der Waals surface area (Å²) in [6.07, 6.45) is 2.56. The summed E-state index contributed by atoms with van der Waals surface area (Å²) in [5.41, 5.74) is 0.245. The second-order valence-corrected chi connectivity index (χ2v) is 4.05. The van der Waals surface area contributed by atoms with Gasteiger partial charge in [0.1, 0.15) is 5.56 Å². The minimum Gasteiger partial charge on any atom is -0.478 e. The van der Waals surface area contributed by atoms with Gasteiger partial charge in [-0.1, -0.05) is 20.8 Å². The summed E-state index contributed by atoms with van der Waals surface area (Å²) >= 11 is 0. The molecule has 0 aliphatic rings. The van der Waals surface area contributed by atoms with Crippen LogP contribution < -0.4 is 0 Å². The SMILES string of the molecule is CCC(C)(C)c1coc(C=O)c1C(=O)O. The van der Waals surface area contributed by atoms with Gasteiger partial charge >= 0.3 is 5.97 Å². The lowest BCUT2D eigenvalue weighted by atomic mass is 9.81. The Morgan fingerprint density at radius 2 is 2.20 bits per heavy atom. The summed E-state index contributed by atoms with van der Waals surface area (Å²) < 4.78 is 4.95. The van der Waals surface area contributed by atoms with Gasteiger partial charge in [0.05, 0.1) is 6.26 Å². The molecule has 0 atom stereocenters. The summed E-state index contributed by atoms with van der Waals surface area (Å²) in [5, 5.41) is 9.01. The Morgan fingerprint density at radius 1 is 1.60 bits per heavy atom. The number of hydrogen-bond acceptors (Lipinski definition) is 3. The van der Waals surface area contributed by atoms with Crippen LogP contribution in [0.2, 0.25) is 0 Å². The van der Waals surface area contributed by atoms with Crippen molar-refractivity contribution in [1.29, 1.82) is 0 Å². The molecule has 1 aromatic rings. The topological polar surface area (TPSA) is 67.5 Å². The number of carboxylic acids is 1. The van der Waals surface area contributed by atoms with Crippen molar-refractivity contribution in [3.05, 3.63) is 23.2 Å². The molecule has 0 aliphatic heterocycles. The summed E-state index contributed by atoms with van der Waals surface area (Å²) in [5.74, 6) is -1.23. The molecule has 1 rings (SSSR count). The van der Waals surface area contributed by atoms with Crippen molar-refractivity contribution in [3.8, 4) is 0 Å². The second-order valence-electron chi connectivity index (χ2n) is 4.05. The van der Waals surface area contributed by atoms with Crippen LogP contribution in [-0.2, 0) is 5.41 Å². The summed E-state index contributed by atoms with van der Waals surface area (Å²) in [7, 11) is 0. The van der Waals surface area contributed by atoms with E-state index in [9.17, 15) is 9.59 Å². The first-order valence-electron chi connectivity index (χ1n) is 4.74.